The van der Waals surface area contributed by atoms with Crippen molar-refractivity contribution in [3.63, 3.8) is 0 Å². The monoisotopic (exact) mass is 323 g/mol. The zero-order chi connectivity index (χ0) is 16.5. The van der Waals surface area contributed by atoms with Gasteiger partial charge in [-0.25, -0.2) is 13.1 Å². The minimum atomic E-state index is -3.67. The molecule has 120 valence electrons. The third-order valence-corrected chi connectivity index (χ3v) is 5.45. The first-order valence-electron chi connectivity index (χ1n) is 6.87. The fourth-order valence-electron chi connectivity index (χ4n) is 2.39. The highest BCUT2D eigenvalue weighted by molar-refractivity contribution is 7.89. The molecule has 0 aliphatic rings. The highest BCUT2D eigenvalue weighted by atomic mass is 32.2. The molecule has 0 aliphatic heterocycles. The molecule has 22 heavy (non-hydrogen) atoms. The van der Waals surface area contributed by atoms with Crippen LogP contribution in [-0.4, -0.2) is 25.7 Å². The van der Waals surface area contributed by atoms with Crippen LogP contribution in [-0.2, 0) is 15.6 Å². The van der Waals surface area contributed by atoms with Crippen LogP contribution >= 0.6 is 0 Å². The lowest BCUT2D eigenvalue weighted by Crippen LogP contribution is -2.41. The minimum Gasteiger partial charge on any atom is -0.497 e. The maximum atomic E-state index is 12.7. The van der Waals surface area contributed by atoms with Crippen molar-refractivity contribution in [2.45, 2.75) is 38.1 Å². The van der Waals surface area contributed by atoms with Crippen LogP contribution in [0.4, 0.5) is 0 Å². The summed E-state index contributed by atoms with van der Waals surface area (Å²) in [5, 5.41) is 6.65. The molecule has 2 N–H and O–H groups in total. The molecule has 7 heteroatoms. The van der Waals surface area contributed by atoms with Gasteiger partial charge in [0.25, 0.3) is 0 Å². The van der Waals surface area contributed by atoms with Crippen LogP contribution in [0, 0.1) is 13.8 Å². The molecule has 1 aromatic heterocycles. The lowest BCUT2D eigenvalue weighted by molar-refractivity contribution is 0.413. The second-order valence-electron chi connectivity index (χ2n) is 5.72. The van der Waals surface area contributed by atoms with E-state index in [2.05, 4.69) is 14.9 Å². The molecular weight excluding hydrogens is 302 g/mol. The van der Waals surface area contributed by atoms with E-state index in [0.29, 0.717) is 11.4 Å². The molecule has 0 radical (unpaired) electrons. The summed E-state index contributed by atoms with van der Waals surface area (Å²) in [5.74, 6) is 0.726. The van der Waals surface area contributed by atoms with E-state index in [9.17, 15) is 8.42 Å². The first-order chi connectivity index (χ1) is 10.2. The summed E-state index contributed by atoms with van der Waals surface area (Å²) < 4.78 is 33.2. The Labute approximate surface area is 130 Å². The highest BCUT2D eigenvalue weighted by Crippen LogP contribution is 2.26. The van der Waals surface area contributed by atoms with Crippen molar-refractivity contribution in [2.24, 2.45) is 0 Å². The number of sulfonamides is 1. The van der Waals surface area contributed by atoms with Crippen molar-refractivity contribution in [1.29, 1.82) is 0 Å². The lowest BCUT2D eigenvalue weighted by Gasteiger charge is -2.26. The average Bonchev–Trinajstić information content (AvgIpc) is 2.77. The number of methoxy groups -OCH3 is 1. The number of ether oxygens (including phenoxy) is 1. The summed E-state index contributed by atoms with van der Waals surface area (Å²) in [6.45, 7) is 6.99. The van der Waals surface area contributed by atoms with Gasteiger partial charge in [0.05, 0.1) is 24.0 Å². The van der Waals surface area contributed by atoms with Crippen LogP contribution in [0.3, 0.4) is 0 Å². The van der Waals surface area contributed by atoms with Crippen LogP contribution in [0.15, 0.2) is 29.2 Å². The normalized spacial score (nSPS) is 12.4. The van der Waals surface area contributed by atoms with Crippen LogP contribution < -0.4 is 9.46 Å². The molecule has 0 bridgehead atoms. The second-order valence-corrected chi connectivity index (χ2v) is 7.34. The Morgan fingerprint density at radius 2 is 1.77 bits per heavy atom. The molecule has 0 fully saturated rings. The van der Waals surface area contributed by atoms with Crippen LogP contribution in [0.5, 0.6) is 5.75 Å². The van der Waals surface area contributed by atoms with Gasteiger partial charge in [0.2, 0.25) is 10.0 Å². The van der Waals surface area contributed by atoms with Gasteiger partial charge in [-0.15, -0.1) is 0 Å². The fraction of sp³-hybridized carbons (Fsp3) is 0.400. The van der Waals surface area contributed by atoms with E-state index in [4.69, 9.17) is 4.74 Å². The Balaban J connectivity index is 2.34. The predicted molar refractivity (Wildman–Crippen MR) is 84.4 cm³/mol. The molecular formula is C15H21N3O3S. The third kappa shape index (κ3) is 3.15. The first kappa shape index (κ1) is 16.5. The number of nitrogens with one attached hydrogen (secondary N) is 2. The Kier molecular flexibility index (Phi) is 4.30. The number of aromatic nitrogens is 2. The van der Waals surface area contributed by atoms with Crippen molar-refractivity contribution in [3.05, 3.63) is 41.2 Å². The van der Waals surface area contributed by atoms with Gasteiger partial charge in [-0.2, -0.15) is 5.10 Å². The first-order valence-corrected chi connectivity index (χ1v) is 8.36. The third-order valence-electron chi connectivity index (χ3n) is 3.53. The summed E-state index contributed by atoms with van der Waals surface area (Å²) in [5.41, 5.74) is 1.06. The van der Waals surface area contributed by atoms with Gasteiger partial charge in [-0.05, 0) is 45.4 Å². The van der Waals surface area contributed by atoms with Crippen molar-refractivity contribution in [1.82, 2.24) is 14.9 Å². The number of hydrogen-bond donors (Lipinski definition) is 2. The Bertz CT molecular complexity index is 742. The predicted octanol–water partition coefficient (Wildman–Crippen LogP) is 2.25. The topological polar surface area (TPSA) is 84.1 Å². The zero-order valence-corrected chi connectivity index (χ0v) is 14.2. The van der Waals surface area contributed by atoms with Gasteiger partial charge < -0.3 is 4.74 Å². The standard InChI is InChI=1S/C15H21N3O3S/c1-10-14(11(2)17-16-10)22(19,20)18-15(3,4)12-6-8-13(21-5)9-7-12/h6-9,18H,1-5H3,(H,16,17). The minimum absolute atomic E-state index is 0.203. The smallest absolute Gasteiger partial charge is 0.245 e. The fourth-order valence-corrected chi connectivity index (χ4v) is 4.17. The second kappa shape index (κ2) is 5.73. The van der Waals surface area contributed by atoms with E-state index in [1.54, 1.807) is 33.1 Å². The van der Waals surface area contributed by atoms with E-state index in [0.717, 1.165) is 11.3 Å². The lowest BCUT2D eigenvalue weighted by atomic mass is 9.96. The van der Waals surface area contributed by atoms with Gasteiger partial charge >= 0.3 is 0 Å². The molecule has 6 nitrogen and oxygen atoms in total. The van der Waals surface area contributed by atoms with Crippen molar-refractivity contribution >= 4 is 10.0 Å². The maximum Gasteiger partial charge on any atom is 0.245 e. The highest BCUT2D eigenvalue weighted by Gasteiger charge is 2.31. The van der Waals surface area contributed by atoms with Gasteiger partial charge in [-0.3, -0.25) is 5.10 Å². The summed E-state index contributed by atoms with van der Waals surface area (Å²) >= 11 is 0. The Morgan fingerprint density at radius 1 is 1.18 bits per heavy atom. The Morgan fingerprint density at radius 3 is 2.23 bits per heavy atom. The number of hydrogen-bond acceptors (Lipinski definition) is 4. The molecule has 0 aliphatic carbocycles. The molecule has 0 saturated carbocycles. The van der Waals surface area contributed by atoms with Crippen LogP contribution in [0.25, 0.3) is 0 Å². The largest absolute Gasteiger partial charge is 0.497 e. The van der Waals surface area contributed by atoms with E-state index in [1.807, 2.05) is 26.0 Å². The summed E-state index contributed by atoms with van der Waals surface area (Å²) in [4.78, 5) is 0.203. The number of nitrogens with zero attached hydrogens (tertiary/aromatic N) is 1. The van der Waals surface area contributed by atoms with E-state index in [1.165, 1.54) is 0 Å². The number of rotatable bonds is 5. The van der Waals surface area contributed by atoms with E-state index >= 15 is 0 Å². The molecule has 0 amide bonds. The Hall–Kier alpha value is -1.86. The molecule has 0 atom stereocenters. The molecule has 2 aromatic rings. The SMILES string of the molecule is COc1ccc(C(C)(C)NS(=O)(=O)c2c(C)n[nH]c2C)cc1. The molecule has 2 rings (SSSR count). The molecule has 0 spiro atoms. The van der Waals surface area contributed by atoms with Gasteiger partial charge in [-0.1, -0.05) is 12.1 Å². The number of benzene rings is 1. The number of aryl methyl sites for hydroxylation is 2. The molecule has 1 heterocycles. The number of aromatic amines is 1. The zero-order valence-electron chi connectivity index (χ0n) is 13.4. The van der Waals surface area contributed by atoms with Crippen LogP contribution in [0.2, 0.25) is 0 Å². The van der Waals surface area contributed by atoms with Crippen molar-refractivity contribution in [2.75, 3.05) is 7.11 Å². The average molecular weight is 323 g/mol. The summed E-state index contributed by atoms with van der Waals surface area (Å²) in [7, 11) is -2.08. The van der Waals surface area contributed by atoms with Gasteiger partial charge in [0.15, 0.2) is 0 Å². The van der Waals surface area contributed by atoms with E-state index in [-0.39, 0.29) is 4.90 Å². The summed E-state index contributed by atoms with van der Waals surface area (Å²) in [6, 6.07) is 7.30. The van der Waals surface area contributed by atoms with Crippen LogP contribution in [0.1, 0.15) is 30.8 Å². The van der Waals surface area contributed by atoms with Crippen molar-refractivity contribution in [3.8, 4) is 5.75 Å². The molecule has 0 unspecified atom stereocenters. The summed E-state index contributed by atoms with van der Waals surface area (Å²) in [6.07, 6.45) is 0. The van der Waals surface area contributed by atoms with Gasteiger partial charge in [0, 0.05) is 0 Å². The molecule has 0 saturated heterocycles. The quantitative estimate of drug-likeness (QED) is 0.884. The maximum absolute atomic E-state index is 12.7. The van der Waals surface area contributed by atoms with E-state index < -0.39 is 15.6 Å². The molecule has 1 aromatic carbocycles. The number of H-pyrrole nitrogens is 1. The van der Waals surface area contributed by atoms with Gasteiger partial charge in [0.1, 0.15) is 10.6 Å². The van der Waals surface area contributed by atoms with Crippen molar-refractivity contribution < 1.29 is 13.2 Å².